The number of halogens is 1. The monoisotopic (exact) mass is 900 g/mol. The van der Waals surface area contributed by atoms with Crippen molar-refractivity contribution < 1.29 is 17.9 Å². The molecule has 11 rings (SSSR count). The van der Waals surface area contributed by atoms with Gasteiger partial charge in [0.15, 0.2) is 45.6 Å². The third-order valence-electron chi connectivity index (χ3n) is 11.8. The van der Waals surface area contributed by atoms with Crippen LogP contribution in [0.2, 0.25) is 5.28 Å². The lowest BCUT2D eigenvalue weighted by molar-refractivity contribution is 0.122. The van der Waals surface area contributed by atoms with Gasteiger partial charge in [-0.1, -0.05) is 0 Å². The normalized spacial score (nSPS) is 18.9. The Morgan fingerprint density at radius 1 is 0.603 bits per heavy atom. The van der Waals surface area contributed by atoms with E-state index in [0.717, 1.165) is 66.1 Å². The van der Waals surface area contributed by atoms with Gasteiger partial charge in [0.1, 0.15) is 0 Å². The fourth-order valence-electron chi connectivity index (χ4n) is 8.00. The molecule has 0 amide bonds. The second-order valence-electron chi connectivity index (χ2n) is 16.5. The first-order valence-electron chi connectivity index (χ1n) is 21.3. The number of morpholine rings is 2. The first kappa shape index (κ1) is 41.4. The summed E-state index contributed by atoms with van der Waals surface area (Å²) in [7, 11) is -3.22. The number of sulfonamides is 1. The molecule has 0 aromatic carbocycles. The Balaban J connectivity index is 0.000000156. The highest BCUT2D eigenvalue weighted by Gasteiger charge is 2.33. The van der Waals surface area contributed by atoms with Gasteiger partial charge < -0.3 is 35.6 Å². The number of hydrogen-bond acceptors (Lipinski definition) is 19. The number of ether oxygens (including phenoxy) is 2. The molecule has 5 aliphatic rings. The average Bonchev–Trinajstić information content (AvgIpc) is 4.24. The third-order valence-corrected chi connectivity index (χ3v) is 13.4. The zero-order chi connectivity index (χ0) is 43.2. The van der Waals surface area contributed by atoms with Gasteiger partial charge in [-0.15, -0.1) is 0 Å². The van der Waals surface area contributed by atoms with Gasteiger partial charge in [-0.2, -0.15) is 4.31 Å². The molecule has 0 spiro atoms. The molecule has 332 valence electrons. The Morgan fingerprint density at radius 2 is 1.05 bits per heavy atom. The minimum Gasteiger partial charge on any atom is -0.378 e. The smallest absolute Gasteiger partial charge is 0.219 e. The number of imidazole rings is 2. The number of nitrogens with two attached hydrogens (primary N) is 2. The lowest BCUT2D eigenvalue weighted by Gasteiger charge is -2.34. The summed E-state index contributed by atoms with van der Waals surface area (Å²) in [6, 6.07) is 0. The fourth-order valence-corrected chi connectivity index (χ4v) is 9.06. The van der Waals surface area contributed by atoms with Crippen molar-refractivity contribution in [1.29, 1.82) is 0 Å². The molecule has 0 unspecified atom stereocenters. The molecule has 3 saturated heterocycles. The van der Waals surface area contributed by atoms with Crippen LogP contribution in [0.15, 0.2) is 24.8 Å². The maximum Gasteiger partial charge on any atom is 0.219 e. The van der Waals surface area contributed by atoms with E-state index in [1.807, 2.05) is 4.57 Å². The molecule has 0 bridgehead atoms. The summed E-state index contributed by atoms with van der Waals surface area (Å²) in [5, 5.41) is 0.450. The van der Waals surface area contributed by atoms with Crippen molar-refractivity contribution in [1.82, 2.24) is 63.3 Å². The molecule has 4 N–H and O–H groups in total. The van der Waals surface area contributed by atoms with E-state index in [9.17, 15) is 8.42 Å². The molecule has 0 atom stereocenters. The van der Waals surface area contributed by atoms with Crippen molar-refractivity contribution in [2.45, 2.75) is 38.8 Å². The van der Waals surface area contributed by atoms with E-state index in [1.165, 1.54) is 36.2 Å². The molecule has 9 heterocycles. The second kappa shape index (κ2) is 17.2. The molecule has 5 fully saturated rings. The van der Waals surface area contributed by atoms with Crippen LogP contribution in [0, 0.1) is 11.8 Å². The van der Waals surface area contributed by atoms with Crippen LogP contribution in [-0.2, 0) is 32.6 Å². The number of rotatable bonds is 10. The van der Waals surface area contributed by atoms with Gasteiger partial charge in [-0.3, -0.25) is 9.13 Å². The Labute approximate surface area is 368 Å². The average molecular weight is 901 g/mol. The van der Waals surface area contributed by atoms with Crippen molar-refractivity contribution in [2.24, 2.45) is 11.8 Å². The Kier molecular flexibility index (Phi) is 11.3. The Hall–Kier alpha value is -5.62. The van der Waals surface area contributed by atoms with E-state index in [4.69, 9.17) is 57.5 Å². The van der Waals surface area contributed by atoms with Gasteiger partial charge >= 0.3 is 0 Å². The maximum atomic E-state index is 12.0. The number of hydrogen-bond donors (Lipinski definition) is 2. The highest BCUT2D eigenvalue weighted by atomic mass is 35.5. The molecule has 22 nitrogen and oxygen atoms in total. The van der Waals surface area contributed by atoms with Crippen molar-refractivity contribution in [3.63, 3.8) is 0 Å². The van der Waals surface area contributed by atoms with Gasteiger partial charge in [-0.05, 0) is 49.1 Å². The standard InChI is InChI=1S/C22H30N10O3S.C17H19ClN8O/c1-36(33,34)31-6-4-30(5-7-31)22-26-17-19(29-8-10-35-11-9-29)27-18(16-12-24-21(23)25-13-16)28-20(17)32(22)14-15-2-3-15;18-16-22-12-14(25-3-5-27-6-4-25)23-13(11-7-20-17(19)21-8-11)24-15(12)26(16)9-10-1-2-10/h12-13,15H,2-11,14H2,1H3,(H2,23,24,25);7-8,10H,1-6,9H2,(H2,19,20,21). The molecule has 6 aromatic rings. The van der Waals surface area contributed by atoms with Crippen LogP contribution in [0.5, 0.6) is 0 Å². The topological polar surface area (TPSA) is 256 Å². The van der Waals surface area contributed by atoms with E-state index in [1.54, 1.807) is 24.8 Å². The summed E-state index contributed by atoms with van der Waals surface area (Å²) in [4.78, 5) is 52.0. The summed E-state index contributed by atoms with van der Waals surface area (Å²) in [6.45, 7) is 9.11. The van der Waals surface area contributed by atoms with Crippen molar-refractivity contribution in [3.8, 4) is 22.8 Å². The van der Waals surface area contributed by atoms with Gasteiger partial charge in [0.25, 0.3) is 0 Å². The summed E-state index contributed by atoms with van der Waals surface area (Å²) < 4.78 is 40.8. The van der Waals surface area contributed by atoms with Crippen molar-refractivity contribution in [3.05, 3.63) is 30.1 Å². The summed E-state index contributed by atoms with van der Waals surface area (Å²) in [5.74, 6) is 5.06. The predicted octanol–water partition coefficient (Wildman–Crippen LogP) is 1.96. The van der Waals surface area contributed by atoms with Crippen LogP contribution in [0.4, 0.5) is 29.5 Å². The molecule has 0 radical (unpaired) electrons. The quantitative estimate of drug-likeness (QED) is 0.186. The minimum absolute atomic E-state index is 0.197. The third kappa shape index (κ3) is 8.96. The van der Waals surface area contributed by atoms with Crippen LogP contribution >= 0.6 is 11.6 Å². The molecule has 2 aliphatic carbocycles. The number of nitrogen functional groups attached to an aromatic ring is 2. The van der Waals surface area contributed by atoms with Crippen LogP contribution in [-0.4, -0.2) is 157 Å². The first-order valence-corrected chi connectivity index (χ1v) is 23.5. The number of aromatic nitrogens is 12. The van der Waals surface area contributed by atoms with Crippen LogP contribution < -0.4 is 26.2 Å². The molecule has 2 saturated carbocycles. The SMILES string of the molecule is CS(=O)(=O)N1CCN(c2nc3c(N4CCOCC4)nc(-c4cnc(N)nc4)nc3n2CC2CC2)CC1.Nc1ncc(-c2nc(N3CCOCC3)c3nc(Cl)n(CC4CC4)c3n2)cn1. The van der Waals surface area contributed by atoms with Crippen LogP contribution in [0.1, 0.15) is 25.7 Å². The zero-order valence-electron chi connectivity index (χ0n) is 34.9. The van der Waals surface area contributed by atoms with Crippen molar-refractivity contribution in [2.75, 3.05) is 111 Å². The molecule has 24 heteroatoms. The lowest BCUT2D eigenvalue weighted by atomic mass is 10.3. The number of piperazine rings is 1. The van der Waals surface area contributed by atoms with Crippen LogP contribution in [0.3, 0.4) is 0 Å². The first-order chi connectivity index (χ1) is 30.6. The predicted molar refractivity (Wildman–Crippen MR) is 237 cm³/mol. The molecule has 3 aliphatic heterocycles. The summed E-state index contributed by atoms with van der Waals surface area (Å²) >= 11 is 6.47. The number of nitrogens with zero attached hydrogens (tertiary/aromatic N) is 16. The largest absolute Gasteiger partial charge is 0.378 e. The van der Waals surface area contributed by atoms with E-state index >= 15 is 0 Å². The Bertz CT molecular complexity index is 2710. The number of anilines is 5. The van der Waals surface area contributed by atoms with E-state index in [-0.39, 0.29) is 11.9 Å². The Morgan fingerprint density at radius 3 is 1.51 bits per heavy atom. The maximum absolute atomic E-state index is 12.0. The lowest BCUT2D eigenvalue weighted by Crippen LogP contribution is -2.49. The van der Waals surface area contributed by atoms with Crippen molar-refractivity contribution >= 4 is 73.4 Å². The second-order valence-corrected chi connectivity index (χ2v) is 18.8. The van der Waals surface area contributed by atoms with E-state index in [2.05, 4.69) is 44.2 Å². The summed E-state index contributed by atoms with van der Waals surface area (Å²) in [6.07, 6.45) is 12.6. The van der Waals surface area contributed by atoms with Gasteiger partial charge in [0.05, 0.1) is 43.8 Å². The van der Waals surface area contributed by atoms with E-state index in [0.29, 0.717) is 106 Å². The molecular formula is C39H49ClN18O4S. The highest BCUT2D eigenvalue weighted by molar-refractivity contribution is 7.88. The molecule has 6 aromatic heterocycles. The molecule has 63 heavy (non-hydrogen) atoms. The molecular weight excluding hydrogens is 852 g/mol. The van der Waals surface area contributed by atoms with Gasteiger partial charge in [0, 0.05) is 90.2 Å². The minimum atomic E-state index is -3.22. The summed E-state index contributed by atoms with van der Waals surface area (Å²) in [5.41, 5.74) is 15.7. The zero-order valence-corrected chi connectivity index (χ0v) is 36.5. The van der Waals surface area contributed by atoms with Gasteiger partial charge in [0.2, 0.25) is 33.2 Å². The van der Waals surface area contributed by atoms with E-state index < -0.39 is 10.0 Å². The van der Waals surface area contributed by atoms with Gasteiger partial charge in [-0.25, -0.2) is 58.3 Å². The fraction of sp³-hybridized carbons (Fsp3) is 0.538. The number of fused-ring (bicyclic) bond motifs is 2. The highest BCUT2D eigenvalue weighted by Crippen LogP contribution is 2.38. The van der Waals surface area contributed by atoms with Crippen LogP contribution in [0.25, 0.3) is 45.1 Å².